The first-order valence-corrected chi connectivity index (χ1v) is 4.02. The van der Waals surface area contributed by atoms with Gasteiger partial charge in [0, 0.05) is 5.33 Å². The molecule has 1 fully saturated rings. The quantitative estimate of drug-likeness (QED) is 0.520. The largest absolute Gasteiger partial charge is 0.0925 e. The highest BCUT2D eigenvalue weighted by Gasteiger charge is 2.24. The second-order valence-electron chi connectivity index (χ2n) is 2.47. The van der Waals surface area contributed by atoms with Gasteiger partial charge in [0.1, 0.15) is 0 Å². The second-order valence-corrected chi connectivity index (χ2v) is 3.12. The SMILES string of the molecule is C[C@@H]1CC[C@@H]1CBr. The molecule has 0 aromatic carbocycles. The fourth-order valence-electron chi connectivity index (χ4n) is 0.965. The highest BCUT2D eigenvalue weighted by molar-refractivity contribution is 9.09. The van der Waals surface area contributed by atoms with E-state index < -0.39 is 0 Å². The number of alkyl halides is 1. The summed E-state index contributed by atoms with van der Waals surface area (Å²) < 4.78 is 0. The Hall–Kier alpha value is 0.480. The van der Waals surface area contributed by atoms with Crippen LogP contribution in [0.15, 0.2) is 0 Å². The summed E-state index contributed by atoms with van der Waals surface area (Å²) in [5, 5.41) is 1.22. The molecule has 2 atom stereocenters. The maximum atomic E-state index is 3.47. The van der Waals surface area contributed by atoms with Crippen molar-refractivity contribution in [3.8, 4) is 0 Å². The Morgan fingerprint density at radius 3 is 2.29 bits per heavy atom. The van der Waals surface area contributed by atoms with E-state index in [0.717, 1.165) is 11.8 Å². The predicted octanol–water partition coefficient (Wildman–Crippen LogP) is 2.43. The molecule has 42 valence electrons. The molecule has 0 spiro atoms. The van der Waals surface area contributed by atoms with Crippen molar-refractivity contribution in [2.45, 2.75) is 19.8 Å². The summed E-state index contributed by atoms with van der Waals surface area (Å²) in [5.41, 5.74) is 0. The third-order valence-corrected chi connectivity index (χ3v) is 2.83. The highest BCUT2D eigenvalue weighted by Crippen LogP contribution is 2.34. The lowest BCUT2D eigenvalue weighted by Gasteiger charge is -2.31. The molecule has 0 unspecified atom stereocenters. The highest BCUT2D eigenvalue weighted by atomic mass is 79.9. The van der Waals surface area contributed by atoms with Gasteiger partial charge in [0.15, 0.2) is 0 Å². The van der Waals surface area contributed by atoms with Crippen LogP contribution in [-0.2, 0) is 0 Å². The van der Waals surface area contributed by atoms with Crippen LogP contribution in [0.5, 0.6) is 0 Å². The van der Waals surface area contributed by atoms with Crippen LogP contribution in [-0.4, -0.2) is 5.33 Å². The molecule has 0 aliphatic heterocycles. The van der Waals surface area contributed by atoms with Crippen molar-refractivity contribution in [1.82, 2.24) is 0 Å². The van der Waals surface area contributed by atoms with Crippen LogP contribution in [0.25, 0.3) is 0 Å². The van der Waals surface area contributed by atoms with Gasteiger partial charge in [-0.1, -0.05) is 29.3 Å². The van der Waals surface area contributed by atoms with Crippen LogP contribution in [0.4, 0.5) is 0 Å². The molecule has 1 aliphatic carbocycles. The Labute approximate surface area is 53.4 Å². The normalized spacial score (nSPS) is 40.3. The van der Waals surface area contributed by atoms with E-state index in [2.05, 4.69) is 22.9 Å². The van der Waals surface area contributed by atoms with Gasteiger partial charge >= 0.3 is 0 Å². The van der Waals surface area contributed by atoms with Crippen molar-refractivity contribution < 1.29 is 0 Å². The molecule has 1 rings (SSSR count). The van der Waals surface area contributed by atoms with Gasteiger partial charge in [-0.2, -0.15) is 0 Å². The standard InChI is InChI=1S/C6H11Br/c1-5-2-3-6(5)4-7/h5-6H,2-4H2,1H3/t5-,6-/m1/s1. The zero-order valence-corrected chi connectivity index (χ0v) is 6.24. The van der Waals surface area contributed by atoms with E-state index in [9.17, 15) is 0 Å². The molecule has 0 aromatic rings. The van der Waals surface area contributed by atoms with Gasteiger partial charge in [0.2, 0.25) is 0 Å². The summed E-state index contributed by atoms with van der Waals surface area (Å²) in [4.78, 5) is 0. The number of hydrogen-bond acceptors (Lipinski definition) is 0. The lowest BCUT2D eigenvalue weighted by molar-refractivity contribution is 0.226. The summed E-state index contributed by atoms with van der Waals surface area (Å²) in [6, 6.07) is 0. The van der Waals surface area contributed by atoms with E-state index in [-0.39, 0.29) is 0 Å². The van der Waals surface area contributed by atoms with E-state index in [1.165, 1.54) is 18.2 Å². The van der Waals surface area contributed by atoms with Gasteiger partial charge in [-0.3, -0.25) is 0 Å². The molecule has 1 saturated carbocycles. The summed E-state index contributed by atoms with van der Waals surface area (Å²) >= 11 is 3.47. The van der Waals surface area contributed by atoms with E-state index >= 15 is 0 Å². The molecular formula is C6H11Br. The molecule has 0 heterocycles. The van der Waals surface area contributed by atoms with Crippen LogP contribution in [0.3, 0.4) is 0 Å². The summed E-state index contributed by atoms with van der Waals surface area (Å²) in [7, 11) is 0. The van der Waals surface area contributed by atoms with Gasteiger partial charge in [0.25, 0.3) is 0 Å². The predicted molar refractivity (Wildman–Crippen MR) is 35.7 cm³/mol. The maximum Gasteiger partial charge on any atom is 0.00622 e. The monoisotopic (exact) mass is 162 g/mol. The van der Waals surface area contributed by atoms with Gasteiger partial charge in [-0.05, 0) is 18.3 Å². The Morgan fingerprint density at radius 1 is 1.57 bits per heavy atom. The third-order valence-electron chi connectivity index (χ3n) is 2.00. The smallest absolute Gasteiger partial charge is 0.00622 e. The molecule has 0 radical (unpaired) electrons. The Kier molecular flexibility index (Phi) is 1.74. The maximum absolute atomic E-state index is 3.47. The lowest BCUT2D eigenvalue weighted by atomic mass is 9.76. The summed E-state index contributed by atoms with van der Waals surface area (Å²) in [6.07, 6.45) is 2.91. The molecule has 1 aliphatic rings. The van der Waals surface area contributed by atoms with Crippen LogP contribution in [0.2, 0.25) is 0 Å². The molecule has 0 bridgehead atoms. The summed E-state index contributed by atoms with van der Waals surface area (Å²) in [6.45, 7) is 2.33. The molecule has 0 saturated heterocycles. The Bertz CT molecular complexity index is 59.2. The van der Waals surface area contributed by atoms with Crippen molar-refractivity contribution in [3.05, 3.63) is 0 Å². The van der Waals surface area contributed by atoms with E-state index in [4.69, 9.17) is 0 Å². The van der Waals surface area contributed by atoms with Gasteiger partial charge in [-0.25, -0.2) is 0 Å². The first-order chi connectivity index (χ1) is 3.34. The molecule has 0 aromatic heterocycles. The van der Waals surface area contributed by atoms with Crippen LogP contribution in [0, 0.1) is 11.8 Å². The zero-order valence-electron chi connectivity index (χ0n) is 4.65. The number of rotatable bonds is 1. The minimum absolute atomic E-state index is 0.999. The average molecular weight is 163 g/mol. The van der Waals surface area contributed by atoms with Gasteiger partial charge in [-0.15, -0.1) is 0 Å². The molecule has 1 heteroatoms. The average Bonchev–Trinajstić information content (AvgIpc) is 1.65. The second kappa shape index (κ2) is 2.17. The van der Waals surface area contributed by atoms with Crippen LogP contribution >= 0.6 is 15.9 Å². The first kappa shape index (κ1) is 5.61. The topological polar surface area (TPSA) is 0 Å². The minimum Gasteiger partial charge on any atom is -0.0925 e. The van der Waals surface area contributed by atoms with Crippen molar-refractivity contribution >= 4 is 15.9 Å². The molecule has 0 nitrogen and oxygen atoms in total. The van der Waals surface area contributed by atoms with Crippen molar-refractivity contribution in [3.63, 3.8) is 0 Å². The number of halogens is 1. The van der Waals surface area contributed by atoms with Gasteiger partial charge in [0.05, 0.1) is 0 Å². The van der Waals surface area contributed by atoms with E-state index in [1.54, 1.807) is 0 Å². The molecule has 7 heavy (non-hydrogen) atoms. The van der Waals surface area contributed by atoms with Crippen molar-refractivity contribution in [2.24, 2.45) is 11.8 Å². The molecular weight excluding hydrogens is 152 g/mol. The zero-order chi connectivity index (χ0) is 5.28. The van der Waals surface area contributed by atoms with Crippen LogP contribution < -0.4 is 0 Å². The van der Waals surface area contributed by atoms with Crippen LogP contribution in [0.1, 0.15) is 19.8 Å². The van der Waals surface area contributed by atoms with Crippen molar-refractivity contribution in [2.75, 3.05) is 5.33 Å². The van der Waals surface area contributed by atoms with E-state index in [1.807, 2.05) is 0 Å². The fraction of sp³-hybridized carbons (Fsp3) is 1.00. The molecule has 0 N–H and O–H groups in total. The summed E-state index contributed by atoms with van der Waals surface area (Å²) in [5.74, 6) is 2.00. The van der Waals surface area contributed by atoms with E-state index in [0.29, 0.717) is 0 Å². The fourth-order valence-corrected chi connectivity index (χ4v) is 1.93. The number of hydrogen-bond donors (Lipinski definition) is 0. The molecule has 0 amide bonds. The minimum atomic E-state index is 0.999. The lowest BCUT2D eigenvalue weighted by Crippen LogP contribution is -2.23. The Morgan fingerprint density at radius 2 is 2.29 bits per heavy atom. The van der Waals surface area contributed by atoms with Crippen molar-refractivity contribution in [1.29, 1.82) is 0 Å². The third kappa shape index (κ3) is 0.987. The van der Waals surface area contributed by atoms with Gasteiger partial charge < -0.3 is 0 Å². The Balaban J connectivity index is 2.16. The first-order valence-electron chi connectivity index (χ1n) is 2.90.